The van der Waals surface area contributed by atoms with Gasteiger partial charge in [-0.1, -0.05) is 10.2 Å². The van der Waals surface area contributed by atoms with Crippen molar-refractivity contribution in [1.29, 1.82) is 0 Å². The van der Waals surface area contributed by atoms with Gasteiger partial charge in [-0.05, 0) is 31.5 Å². The Balaban J connectivity index is 2.08. The fourth-order valence-corrected chi connectivity index (χ4v) is 3.56. The molecular weight excluding hydrogens is 524 g/mol. The highest BCUT2D eigenvalue weighted by Crippen LogP contribution is 2.54. The smallest absolute Gasteiger partial charge is 0.306 e. The van der Waals surface area contributed by atoms with Crippen LogP contribution in [0.25, 0.3) is 70.1 Å². The van der Waals surface area contributed by atoms with E-state index in [9.17, 15) is 30.6 Å². The average Bonchev–Trinajstić information content (AvgIpc) is 3.56. The maximum Gasteiger partial charge on any atom is 0.306 e. The monoisotopic (exact) mass is 524 g/mol. The second kappa shape index (κ2) is 8.03. The van der Waals surface area contributed by atoms with Crippen LogP contribution in [-0.4, -0.2) is 35.2 Å². The topological polar surface area (TPSA) is 369 Å². The van der Waals surface area contributed by atoms with Crippen LogP contribution in [-0.2, 0) is 0 Å². The van der Waals surface area contributed by atoms with Crippen molar-refractivity contribution in [2.24, 2.45) is 15.3 Å². The Hall–Kier alpha value is -7.03. The van der Waals surface area contributed by atoms with E-state index < -0.39 is 71.6 Å². The number of hydrogen-bond acceptors (Lipinski definition) is 15. The molecule has 0 radical (unpaired) electrons. The van der Waals surface area contributed by atoms with E-state index in [-0.39, 0.29) is 15.3 Å². The third kappa shape index (κ3) is 2.93. The first kappa shape index (κ1) is 22.7. The van der Waals surface area contributed by atoms with E-state index in [2.05, 4.69) is 59.8 Å². The summed E-state index contributed by atoms with van der Waals surface area (Å²) in [5.41, 5.74) is 17.3. The van der Waals surface area contributed by atoms with Crippen LogP contribution in [0.5, 0.6) is 0 Å². The van der Waals surface area contributed by atoms with Crippen LogP contribution < -0.4 is 9.81 Å². The van der Waals surface area contributed by atoms with Crippen molar-refractivity contribution in [2.75, 3.05) is 0 Å². The summed E-state index contributed by atoms with van der Waals surface area (Å²) in [6.45, 7) is 0. The third-order valence-electron chi connectivity index (χ3n) is 4.86. The minimum Gasteiger partial charge on any atom is -0.359 e. The summed E-state index contributed by atoms with van der Waals surface area (Å²) >= 11 is 0. The highest BCUT2D eigenvalue weighted by molar-refractivity contribution is 6.15. The van der Waals surface area contributed by atoms with Crippen molar-refractivity contribution in [3.8, 4) is 5.69 Å². The molecule has 2 aromatic carbocycles. The molecule has 5 aromatic rings. The molecule has 26 nitrogen and oxygen atoms in total. The predicted molar refractivity (Wildman–Crippen MR) is 112 cm³/mol. The van der Waals surface area contributed by atoms with Crippen LogP contribution in [0, 0.1) is 30.6 Å². The largest absolute Gasteiger partial charge is 0.359 e. The van der Waals surface area contributed by atoms with Crippen molar-refractivity contribution < 1.29 is 28.9 Å². The van der Waals surface area contributed by atoms with Crippen LogP contribution in [0.3, 0.4) is 0 Å². The molecule has 0 saturated carbocycles. The molecule has 0 amide bonds. The molecular formula is C12N18O8. The molecule has 0 unspecified atom stereocenters. The maximum absolute atomic E-state index is 12.2. The standard InChI is InChI=1S/C12N18O8/c13-23-16-4-8(5(17-24-14)10(28(33)34)6(18-25-15)9(4)27(31)32)26-19-1-2(20-26)11-7(22-38-29(11)35)12-3(1)21-37-30(12)36. The van der Waals surface area contributed by atoms with Gasteiger partial charge in [-0.15, -0.1) is 15.0 Å². The van der Waals surface area contributed by atoms with Gasteiger partial charge >= 0.3 is 5.52 Å². The van der Waals surface area contributed by atoms with Gasteiger partial charge in [0.05, 0.1) is 15.0 Å². The predicted octanol–water partition coefficient (Wildman–Crippen LogP) is 2.61. The van der Waals surface area contributed by atoms with E-state index in [1.54, 1.807) is 0 Å². The Morgan fingerprint density at radius 1 is 0.737 bits per heavy atom. The van der Waals surface area contributed by atoms with E-state index in [0.29, 0.717) is 4.80 Å². The van der Waals surface area contributed by atoms with Crippen LogP contribution >= 0.6 is 0 Å². The lowest BCUT2D eigenvalue weighted by Gasteiger charge is -2.11. The van der Waals surface area contributed by atoms with Crippen LogP contribution in [0.2, 0.25) is 0 Å². The first-order valence-corrected chi connectivity index (χ1v) is 9.11. The molecule has 3 aromatic heterocycles. The highest BCUT2D eigenvalue weighted by Gasteiger charge is 2.39. The number of fused-ring (bicyclic) bond motifs is 6. The molecule has 38 heavy (non-hydrogen) atoms. The molecule has 0 aliphatic rings. The Morgan fingerprint density at radius 2 is 1.18 bits per heavy atom. The molecule has 0 fully saturated rings. The van der Waals surface area contributed by atoms with Crippen molar-refractivity contribution in [3.63, 3.8) is 0 Å². The fourth-order valence-electron chi connectivity index (χ4n) is 3.56. The molecule has 0 aliphatic carbocycles. The number of benzene rings is 2. The van der Waals surface area contributed by atoms with Gasteiger partial charge in [-0.2, -0.15) is 0 Å². The summed E-state index contributed by atoms with van der Waals surface area (Å²) in [5.74, 6) is 0. The van der Waals surface area contributed by atoms with Gasteiger partial charge in [0, 0.05) is 19.9 Å². The third-order valence-corrected chi connectivity index (χ3v) is 4.86. The van der Waals surface area contributed by atoms with Crippen molar-refractivity contribution in [2.45, 2.75) is 0 Å². The first-order valence-electron chi connectivity index (χ1n) is 9.11. The average molecular weight is 524 g/mol. The summed E-state index contributed by atoms with van der Waals surface area (Å²) in [6.07, 6.45) is 0. The molecule has 26 heteroatoms. The Bertz CT molecular complexity index is 1980. The van der Waals surface area contributed by atoms with Crippen molar-refractivity contribution >= 4 is 61.5 Å². The number of nitrogens with zero attached hydrogens (tertiary/aromatic N) is 18. The van der Waals surface area contributed by atoms with Crippen LogP contribution in [0.4, 0.5) is 28.4 Å². The molecule has 0 atom stereocenters. The van der Waals surface area contributed by atoms with Gasteiger partial charge in [0.25, 0.3) is 27.9 Å². The Morgan fingerprint density at radius 3 is 1.68 bits per heavy atom. The van der Waals surface area contributed by atoms with E-state index in [1.807, 2.05) is 0 Å². The van der Waals surface area contributed by atoms with Crippen molar-refractivity contribution in [1.82, 2.24) is 25.3 Å². The quantitative estimate of drug-likeness (QED) is 0.0771. The molecule has 0 spiro atoms. The number of hydrogen-bond donors (Lipinski definition) is 0. The lowest BCUT2D eigenvalue weighted by molar-refractivity contribution is -0.782. The zero-order valence-corrected chi connectivity index (χ0v) is 17.3. The molecule has 0 saturated heterocycles. The first-order chi connectivity index (χ1) is 18.2. The van der Waals surface area contributed by atoms with Gasteiger partial charge in [0.15, 0.2) is 16.7 Å². The van der Waals surface area contributed by atoms with Gasteiger partial charge in [0.2, 0.25) is 0 Å². The summed E-state index contributed by atoms with van der Waals surface area (Å²) in [4.78, 5) is 28.5. The molecule has 0 N–H and O–H groups in total. The summed E-state index contributed by atoms with van der Waals surface area (Å²) in [6, 6.07) is 0. The number of nitro benzene ring substituents is 2. The Labute approximate surface area is 199 Å². The SMILES string of the molecule is [N-]=[N+]=Nc1c(-n2nc3c4no[n+]([O-])c4c4no[n+]([O-])c4c3n2)c(N=[N+]=[N-])c([N+](=O)[O-])c(N=[N+]=[N-])c1[N+](=O)[O-]. The van der Waals surface area contributed by atoms with E-state index >= 15 is 0 Å². The summed E-state index contributed by atoms with van der Waals surface area (Å²) in [5, 5.41) is 72.2. The normalized spacial score (nSPS) is 10.7. The number of nitro groups is 2. The summed E-state index contributed by atoms with van der Waals surface area (Å²) < 4.78 is 9.00. The lowest BCUT2D eigenvalue weighted by Crippen LogP contribution is -2.25. The van der Waals surface area contributed by atoms with E-state index in [4.69, 9.17) is 16.6 Å². The van der Waals surface area contributed by atoms with Crippen LogP contribution in [0.15, 0.2) is 24.6 Å². The second-order valence-electron chi connectivity index (χ2n) is 6.62. The number of rotatable bonds is 6. The summed E-state index contributed by atoms with van der Waals surface area (Å²) in [7, 11) is 0. The van der Waals surface area contributed by atoms with E-state index in [0.717, 1.165) is 0 Å². The van der Waals surface area contributed by atoms with Gasteiger partial charge in [0.1, 0.15) is 17.1 Å². The minimum atomic E-state index is -1.38. The minimum absolute atomic E-state index is 0.139. The van der Waals surface area contributed by atoms with E-state index in [1.165, 1.54) is 0 Å². The van der Waals surface area contributed by atoms with Gasteiger partial charge in [-0.3, -0.25) is 29.5 Å². The molecule has 3 heterocycles. The number of aromatic nitrogens is 7. The number of azide groups is 3. The zero-order chi connectivity index (χ0) is 27.3. The molecule has 0 aliphatic heterocycles. The van der Waals surface area contributed by atoms with Gasteiger partial charge < -0.3 is 10.4 Å². The molecule has 186 valence electrons. The maximum atomic E-state index is 12.2. The van der Waals surface area contributed by atoms with Crippen LogP contribution in [0.1, 0.15) is 0 Å². The zero-order valence-electron chi connectivity index (χ0n) is 17.3. The lowest BCUT2D eigenvalue weighted by atomic mass is 10.1. The second-order valence-corrected chi connectivity index (χ2v) is 6.62. The highest BCUT2D eigenvalue weighted by atomic mass is 16.8. The Kier molecular flexibility index (Phi) is 4.81. The molecule has 0 bridgehead atoms. The van der Waals surface area contributed by atoms with Gasteiger partial charge in [-0.25, -0.2) is 0 Å². The molecule has 5 rings (SSSR count). The fraction of sp³-hybridized carbons (Fsp3) is 0. The van der Waals surface area contributed by atoms with Crippen molar-refractivity contribution in [3.05, 3.63) is 62.0 Å².